The fraction of sp³-hybridized carbons (Fsp3) is 0.0312. The van der Waals surface area contributed by atoms with Crippen molar-refractivity contribution in [3.05, 3.63) is 242 Å². The molecule has 0 N–H and O–H groups in total. The maximum atomic E-state index is 2.64. The van der Waals surface area contributed by atoms with Crippen molar-refractivity contribution < 1.29 is 0 Å². The molecule has 4 aliphatic heterocycles. The first-order chi connectivity index (χ1) is 34.6. The second kappa shape index (κ2) is 14.9. The molecule has 0 saturated carbocycles. The van der Waals surface area contributed by atoms with Crippen LogP contribution in [0.25, 0.3) is 21.5 Å². The van der Waals surface area contributed by atoms with Gasteiger partial charge in [-0.05, 0) is 147 Å². The van der Waals surface area contributed by atoms with E-state index in [-0.39, 0.29) is 13.4 Å². The molecule has 0 aromatic heterocycles. The molecular formula is C64H44B2N4. The largest absolute Gasteiger partial charge is 0.311 e. The molecule has 4 nitrogen and oxygen atoms in total. The lowest BCUT2D eigenvalue weighted by Gasteiger charge is -2.47. The normalized spacial score (nSPS) is 13.7. The van der Waals surface area contributed by atoms with Gasteiger partial charge in [-0.25, -0.2) is 0 Å². The van der Waals surface area contributed by atoms with Crippen molar-refractivity contribution in [2.75, 3.05) is 19.6 Å². The summed E-state index contributed by atoms with van der Waals surface area (Å²) < 4.78 is 0. The third-order valence-corrected chi connectivity index (χ3v) is 15.4. The summed E-state index contributed by atoms with van der Waals surface area (Å²) in [5, 5.41) is 4.97. The molecule has 0 fully saturated rings. The van der Waals surface area contributed by atoms with Crippen LogP contribution in [-0.4, -0.2) is 13.4 Å². The van der Waals surface area contributed by atoms with Gasteiger partial charge in [0.2, 0.25) is 0 Å². The lowest BCUT2D eigenvalue weighted by molar-refractivity contribution is 1.23. The Morgan fingerprint density at radius 3 is 0.986 bits per heavy atom. The van der Waals surface area contributed by atoms with Gasteiger partial charge in [-0.15, -0.1) is 0 Å². The standard InChI is InChI=1S/C64H44B2N4/c1-41-35-57-61-59(37-41)69(47-25-11-5-12-26-47)63-49-29-17-15-19-43(49)31-33-51(63)65(61)53-39-54-56(40-55(53)67(57)45-21-7-3-8-22-45)68(46-23-9-4-10-24-46)58-36-42(2)38-60-62(58)66(54)52-34-32-44-20-16-18-30-50(44)64(52)70(60)48-27-13-6-14-28-48/h3-40H,1-2H3. The minimum absolute atomic E-state index is 0.0602. The van der Waals surface area contributed by atoms with Crippen molar-refractivity contribution in [1.82, 2.24) is 0 Å². The van der Waals surface area contributed by atoms with E-state index in [1.165, 1.54) is 111 Å². The first-order valence-electron chi connectivity index (χ1n) is 24.5. The van der Waals surface area contributed by atoms with Crippen molar-refractivity contribution in [2.45, 2.75) is 13.8 Å². The fourth-order valence-corrected chi connectivity index (χ4v) is 12.7. The molecule has 6 heteroatoms. The van der Waals surface area contributed by atoms with Crippen LogP contribution >= 0.6 is 0 Å². The molecule has 0 radical (unpaired) electrons. The van der Waals surface area contributed by atoms with Crippen molar-refractivity contribution >= 4 is 136 Å². The summed E-state index contributed by atoms with van der Waals surface area (Å²) in [4.78, 5) is 10.2. The Hall–Kier alpha value is -8.73. The van der Waals surface area contributed by atoms with Crippen LogP contribution in [0.3, 0.4) is 0 Å². The summed E-state index contributed by atoms with van der Waals surface area (Å²) in [6, 6.07) is 86.4. The van der Waals surface area contributed by atoms with Crippen LogP contribution in [0.5, 0.6) is 0 Å². The molecule has 0 bridgehead atoms. The first kappa shape index (κ1) is 39.3. The van der Waals surface area contributed by atoms with E-state index in [9.17, 15) is 0 Å². The maximum absolute atomic E-state index is 2.64. The molecule has 11 aromatic carbocycles. The molecule has 326 valence electrons. The quantitative estimate of drug-likeness (QED) is 0.163. The van der Waals surface area contributed by atoms with Crippen LogP contribution in [-0.2, 0) is 0 Å². The number of aryl methyl sites for hydroxylation is 2. The number of hydrogen-bond donors (Lipinski definition) is 0. The highest BCUT2D eigenvalue weighted by molar-refractivity contribution is 7.03. The van der Waals surface area contributed by atoms with Crippen LogP contribution in [0.15, 0.2) is 231 Å². The molecule has 4 heterocycles. The molecule has 15 rings (SSSR count). The number of para-hydroxylation sites is 4. The summed E-state index contributed by atoms with van der Waals surface area (Å²) >= 11 is 0. The van der Waals surface area contributed by atoms with Crippen LogP contribution < -0.4 is 52.4 Å². The predicted molar refractivity (Wildman–Crippen MR) is 299 cm³/mol. The Kier molecular flexibility index (Phi) is 8.35. The minimum Gasteiger partial charge on any atom is -0.311 e. The molecule has 0 atom stereocenters. The molecular weight excluding hydrogens is 846 g/mol. The Balaban J connectivity index is 1.10. The van der Waals surface area contributed by atoms with Gasteiger partial charge >= 0.3 is 0 Å². The lowest BCUT2D eigenvalue weighted by atomic mass is 9.30. The van der Waals surface area contributed by atoms with Crippen molar-refractivity contribution in [1.29, 1.82) is 0 Å². The molecule has 0 saturated heterocycles. The van der Waals surface area contributed by atoms with Crippen LogP contribution in [0.4, 0.5) is 68.2 Å². The zero-order chi connectivity index (χ0) is 46.2. The van der Waals surface area contributed by atoms with Gasteiger partial charge in [-0.3, -0.25) is 0 Å². The maximum Gasteiger partial charge on any atom is 0.252 e. The second-order valence-electron chi connectivity index (χ2n) is 19.4. The molecule has 11 aromatic rings. The number of nitrogens with zero attached hydrogens (tertiary/aromatic N) is 4. The zero-order valence-electron chi connectivity index (χ0n) is 38.9. The molecule has 0 aliphatic carbocycles. The summed E-state index contributed by atoms with van der Waals surface area (Å²) in [6.45, 7) is 4.40. The third kappa shape index (κ3) is 5.50. The van der Waals surface area contributed by atoms with E-state index in [1.807, 2.05) is 0 Å². The van der Waals surface area contributed by atoms with Crippen LogP contribution in [0, 0.1) is 13.8 Å². The van der Waals surface area contributed by atoms with E-state index in [4.69, 9.17) is 0 Å². The first-order valence-corrected chi connectivity index (χ1v) is 24.5. The van der Waals surface area contributed by atoms with Crippen LogP contribution in [0.1, 0.15) is 11.1 Å². The highest BCUT2D eigenvalue weighted by Crippen LogP contribution is 2.50. The number of rotatable bonds is 4. The third-order valence-electron chi connectivity index (χ3n) is 15.4. The Bertz CT molecular complexity index is 3700. The van der Waals surface area contributed by atoms with E-state index in [2.05, 4.69) is 264 Å². The molecule has 70 heavy (non-hydrogen) atoms. The van der Waals surface area contributed by atoms with E-state index in [0.717, 1.165) is 22.7 Å². The van der Waals surface area contributed by atoms with Gasteiger partial charge < -0.3 is 19.6 Å². The van der Waals surface area contributed by atoms with E-state index < -0.39 is 0 Å². The SMILES string of the molecule is Cc1cc2c3c(c1)N(c1ccccc1)c1c(ccc4ccccc14)B3c1cc3c(cc1N2c1ccccc1)N(c1ccccc1)c1cc(C)cc2c1B3c1ccc3ccccc3c1N2c1ccccc1. The van der Waals surface area contributed by atoms with Gasteiger partial charge in [-0.2, -0.15) is 0 Å². The average Bonchev–Trinajstić information content (AvgIpc) is 3.41. The van der Waals surface area contributed by atoms with Gasteiger partial charge in [0, 0.05) is 79.0 Å². The van der Waals surface area contributed by atoms with Gasteiger partial charge in [0.1, 0.15) is 0 Å². The van der Waals surface area contributed by atoms with Gasteiger partial charge in [0.25, 0.3) is 13.4 Å². The van der Waals surface area contributed by atoms with Crippen LogP contribution in [0.2, 0.25) is 0 Å². The van der Waals surface area contributed by atoms with Gasteiger partial charge in [0.15, 0.2) is 0 Å². The zero-order valence-corrected chi connectivity index (χ0v) is 38.9. The Morgan fingerprint density at radius 1 is 0.271 bits per heavy atom. The summed E-state index contributed by atoms with van der Waals surface area (Å²) in [5.41, 5.74) is 24.7. The van der Waals surface area contributed by atoms with E-state index in [0.29, 0.717) is 0 Å². The molecule has 0 spiro atoms. The highest BCUT2D eigenvalue weighted by atomic mass is 15.2. The van der Waals surface area contributed by atoms with Gasteiger partial charge in [0.05, 0.1) is 0 Å². The fourth-order valence-electron chi connectivity index (χ4n) is 12.7. The highest BCUT2D eigenvalue weighted by Gasteiger charge is 2.48. The number of benzene rings is 11. The van der Waals surface area contributed by atoms with E-state index in [1.54, 1.807) is 0 Å². The topological polar surface area (TPSA) is 13.0 Å². The van der Waals surface area contributed by atoms with Crippen molar-refractivity contribution in [2.24, 2.45) is 0 Å². The summed E-state index contributed by atoms with van der Waals surface area (Å²) in [7, 11) is 0. The van der Waals surface area contributed by atoms with Crippen molar-refractivity contribution in [3.8, 4) is 0 Å². The monoisotopic (exact) mass is 890 g/mol. The number of anilines is 12. The Morgan fingerprint density at radius 2 is 0.600 bits per heavy atom. The molecule has 0 unspecified atom stereocenters. The van der Waals surface area contributed by atoms with Gasteiger partial charge in [-0.1, -0.05) is 152 Å². The molecule has 0 amide bonds. The summed E-state index contributed by atoms with van der Waals surface area (Å²) in [6.07, 6.45) is 0. The molecule has 4 aliphatic rings. The lowest BCUT2D eigenvalue weighted by Crippen LogP contribution is -2.65. The Labute approximate surface area is 409 Å². The number of hydrogen-bond acceptors (Lipinski definition) is 4. The minimum atomic E-state index is -0.0602. The smallest absolute Gasteiger partial charge is 0.252 e. The van der Waals surface area contributed by atoms with Crippen molar-refractivity contribution in [3.63, 3.8) is 0 Å². The van der Waals surface area contributed by atoms with E-state index >= 15 is 0 Å². The average molecular weight is 891 g/mol. The predicted octanol–water partition coefficient (Wildman–Crippen LogP) is 12.8. The number of fused-ring (bicyclic) bond motifs is 12. The summed E-state index contributed by atoms with van der Waals surface area (Å²) in [5.74, 6) is 0. The second-order valence-corrected chi connectivity index (χ2v) is 19.4.